The molecule has 0 aromatic heterocycles. The van der Waals surface area contributed by atoms with Gasteiger partial charge in [0.2, 0.25) is 0 Å². The minimum Gasteiger partial charge on any atom is -0.329 e. The summed E-state index contributed by atoms with van der Waals surface area (Å²) in [4.78, 5) is 3.78. The predicted octanol–water partition coefficient (Wildman–Crippen LogP) is -0.113. The number of rotatable bonds is 8. The van der Waals surface area contributed by atoms with Crippen molar-refractivity contribution in [3.63, 3.8) is 0 Å². The normalized spacial score (nSPS) is 10.6. The molecule has 0 heterocycles. The molecule has 72 valence electrons. The molecule has 0 amide bonds. The Labute approximate surface area is 88.1 Å². The highest BCUT2D eigenvalue weighted by Gasteiger charge is 1.96. The van der Waals surface area contributed by atoms with Crippen LogP contribution in [-0.4, -0.2) is 49.1 Å². The lowest BCUT2D eigenvalue weighted by molar-refractivity contribution is 0.499. The van der Waals surface area contributed by atoms with Gasteiger partial charge < -0.3 is 11.1 Å². The van der Waals surface area contributed by atoms with Crippen molar-refractivity contribution in [2.45, 2.75) is 0 Å². The van der Waals surface area contributed by atoms with Crippen LogP contribution in [0.15, 0.2) is 4.99 Å². The zero-order valence-corrected chi connectivity index (χ0v) is 9.46. The van der Waals surface area contributed by atoms with Gasteiger partial charge in [-0.25, -0.2) is 3.11 Å². The number of hydrogen-bond acceptors (Lipinski definition) is 4. The number of halogens is 1. The molecule has 0 saturated carbocycles. The van der Waals surface area contributed by atoms with E-state index in [4.69, 9.17) is 5.73 Å². The maximum absolute atomic E-state index is 5.32. The van der Waals surface area contributed by atoms with Crippen LogP contribution in [0.3, 0.4) is 0 Å². The molecule has 0 aliphatic carbocycles. The monoisotopic (exact) mass is 284 g/mol. The summed E-state index contributed by atoms with van der Waals surface area (Å²) in [5.74, 6) is 0. The number of nitrogens with one attached hydrogen (secondary N) is 1. The molecule has 4 nitrogen and oxygen atoms in total. The van der Waals surface area contributed by atoms with E-state index in [-0.39, 0.29) is 0 Å². The second-order valence-electron chi connectivity index (χ2n) is 2.40. The second-order valence-corrected chi connectivity index (χ2v) is 3.76. The van der Waals surface area contributed by atoms with E-state index in [0.29, 0.717) is 6.54 Å². The molecule has 3 N–H and O–H groups in total. The topological polar surface area (TPSA) is 53.6 Å². The predicted molar refractivity (Wildman–Crippen MR) is 61.9 cm³/mol. The van der Waals surface area contributed by atoms with Crippen LogP contribution < -0.4 is 11.1 Å². The quantitative estimate of drug-likeness (QED) is 0.283. The third kappa shape index (κ3) is 8.38. The van der Waals surface area contributed by atoms with Crippen LogP contribution in [0.4, 0.5) is 0 Å². The summed E-state index contributed by atoms with van der Waals surface area (Å²) >= 11 is 2.29. The van der Waals surface area contributed by atoms with Crippen molar-refractivity contribution in [3.05, 3.63) is 0 Å². The maximum atomic E-state index is 5.32. The maximum Gasteiger partial charge on any atom is 0.0517 e. The van der Waals surface area contributed by atoms with Gasteiger partial charge in [0.15, 0.2) is 0 Å². The first-order chi connectivity index (χ1) is 5.81. The zero-order valence-electron chi connectivity index (χ0n) is 7.30. The van der Waals surface area contributed by atoms with Crippen molar-refractivity contribution in [3.8, 4) is 0 Å². The summed E-state index contributed by atoms with van der Waals surface area (Å²) in [5, 5.41) is 3.22. The van der Waals surface area contributed by atoms with Gasteiger partial charge in [-0.15, -0.1) is 0 Å². The lowest BCUT2D eigenvalue weighted by Gasteiger charge is -2.12. The van der Waals surface area contributed by atoms with Crippen LogP contribution in [0.5, 0.6) is 0 Å². The van der Waals surface area contributed by atoms with E-state index in [2.05, 4.69) is 43.0 Å². The fourth-order valence-corrected chi connectivity index (χ4v) is 1.18. The average Bonchev–Trinajstić information content (AvgIpc) is 2.09. The van der Waals surface area contributed by atoms with E-state index in [1.165, 1.54) is 0 Å². The first-order valence-electron chi connectivity index (χ1n) is 4.05. The average molecular weight is 284 g/mol. The molecule has 0 fully saturated rings. The van der Waals surface area contributed by atoms with Crippen LogP contribution in [0, 0.1) is 0 Å². The Kier molecular flexibility index (Phi) is 9.59. The molecule has 0 saturated heterocycles. The zero-order chi connectivity index (χ0) is 9.23. The Morgan fingerprint density at radius 2 is 2.17 bits per heavy atom. The van der Waals surface area contributed by atoms with E-state index in [1.54, 1.807) is 0 Å². The third-order valence-electron chi connectivity index (χ3n) is 1.35. The number of nitrogens with two attached hydrogens (primary N) is 1. The van der Waals surface area contributed by atoms with Gasteiger partial charge in [-0.05, 0) is 6.72 Å². The van der Waals surface area contributed by atoms with Gasteiger partial charge in [-0.3, -0.25) is 4.99 Å². The summed E-state index contributed by atoms with van der Waals surface area (Å²) in [5.41, 5.74) is 5.32. The van der Waals surface area contributed by atoms with Gasteiger partial charge in [0.1, 0.15) is 0 Å². The number of nitrogens with zero attached hydrogens (tertiary/aromatic N) is 2. The molecule has 0 radical (unpaired) electrons. The fraction of sp³-hybridized carbons (Fsp3) is 0.857. The molecule has 12 heavy (non-hydrogen) atoms. The Balaban J connectivity index is 3.07. The largest absolute Gasteiger partial charge is 0.329 e. The van der Waals surface area contributed by atoms with Gasteiger partial charge in [-0.2, -0.15) is 0 Å². The minimum absolute atomic E-state index is 0.704. The van der Waals surface area contributed by atoms with E-state index < -0.39 is 0 Å². The van der Waals surface area contributed by atoms with Crippen molar-refractivity contribution in [2.75, 3.05) is 39.3 Å². The van der Waals surface area contributed by atoms with Crippen molar-refractivity contribution in [2.24, 2.45) is 10.7 Å². The highest BCUT2D eigenvalue weighted by Crippen LogP contribution is 1.95. The molecule has 0 rings (SSSR count). The standard InChI is InChI=1S/C7H17IN4/c1-10-4-6-12(8)7-5-11-3-2-9/h11H,1-7,9H2. The van der Waals surface area contributed by atoms with Crippen LogP contribution >= 0.6 is 22.9 Å². The SMILES string of the molecule is C=NCCN(I)CCNCCN. The van der Waals surface area contributed by atoms with Gasteiger partial charge in [0, 0.05) is 55.6 Å². The summed E-state index contributed by atoms with van der Waals surface area (Å²) in [6.07, 6.45) is 0. The van der Waals surface area contributed by atoms with Crippen molar-refractivity contribution < 1.29 is 0 Å². The van der Waals surface area contributed by atoms with E-state index in [0.717, 1.165) is 32.7 Å². The van der Waals surface area contributed by atoms with Crippen molar-refractivity contribution in [1.29, 1.82) is 0 Å². The number of aliphatic imine (C=N–C) groups is 1. The smallest absolute Gasteiger partial charge is 0.0517 e. The number of hydrogen-bond donors (Lipinski definition) is 2. The van der Waals surface area contributed by atoms with Crippen molar-refractivity contribution >= 4 is 29.6 Å². The summed E-state index contributed by atoms with van der Waals surface area (Å²) < 4.78 is 2.19. The molecule has 5 heteroatoms. The van der Waals surface area contributed by atoms with Crippen LogP contribution in [0.2, 0.25) is 0 Å². The summed E-state index contributed by atoms with van der Waals surface area (Å²) in [6, 6.07) is 0. The molecular weight excluding hydrogens is 267 g/mol. The molecule has 0 aliphatic heterocycles. The van der Waals surface area contributed by atoms with Gasteiger partial charge in [0.25, 0.3) is 0 Å². The van der Waals surface area contributed by atoms with E-state index in [1.807, 2.05) is 0 Å². The molecule has 0 atom stereocenters. The summed E-state index contributed by atoms with van der Waals surface area (Å²) in [6.45, 7) is 8.81. The Morgan fingerprint density at radius 1 is 1.42 bits per heavy atom. The fourth-order valence-electron chi connectivity index (χ4n) is 0.718. The van der Waals surface area contributed by atoms with Crippen LogP contribution in [0.1, 0.15) is 0 Å². The van der Waals surface area contributed by atoms with Crippen LogP contribution in [0.25, 0.3) is 0 Å². The Hall–Kier alpha value is 0.280. The lowest BCUT2D eigenvalue weighted by Crippen LogP contribution is -2.30. The molecule has 0 bridgehead atoms. The Morgan fingerprint density at radius 3 is 2.75 bits per heavy atom. The second kappa shape index (κ2) is 9.37. The molecule has 0 aromatic rings. The molecule has 0 aliphatic rings. The lowest BCUT2D eigenvalue weighted by atomic mass is 10.5. The molecular formula is C7H17IN4. The van der Waals surface area contributed by atoms with E-state index in [9.17, 15) is 0 Å². The highest BCUT2D eigenvalue weighted by molar-refractivity contribution is 14.1. The molecule has 0 unspecified atom stereocenters. The third-order valence-corrected chi connectivity index (χ3v) is 2.32. The minimum atomic E-state index is 0.704. The Bertz CT molecular complexity index is 110. The summed E-state index contributed by atoms with van der Waals surface area (Å²) in [7, 11) is 0. The van der Waals surface area contributed by atoms with Gasteiger partial charge in [0.05, 0.1) is 6.54 Å². The van der Waals surface area contributed by atoms with E-state index >= 15 is 0 Å². The first-order valence-corrected chi connectivity index (χ1v) is 5.01. The molecule has 0 spiro atoms. The van der Waals surface area contributed by atoms with Gasteiger partial charge in [-0.1, -0.05) is 0 Å². The first kappa shape index (κ1) is 12.3. The van der Waals surface area contributed by atoms with Gasteiger partial charge >= 0.3 is 0 Å². The molecule has 0 aromatic carbocycles. The van der Waals surface area contributed by atoms with Crippen molar-refractivity contribution in [1.82, 2.24) is 8.43 Å². The van der Waals surface area contributed by atoms with Crippen LogP contribution in [-0.2, 0) is 0 Å². The highest BCUT2D eigenvalue weighted by atomic mass is 127.